The quantitative estimate of drug-likeness (QED) is 0.618. The van der Waals surface area contributed by atoms with Gasteiger partial charge in [-0.15, -0.1) is 0 Å². The van der Waals surface area contributed by atoms with Crippen molar-refractivity contribution in [1.82, 2.24) is 15.1 Å². The lowest BCUT2D eigenvalue weighted by Crippen LogP contribution is -2.51. The molecule has 0 amide bonds. The van der Waals surface area contributed by atoms with Crippen LogP contribution in [0.3, 0.4) is 0 Å². The SMILES string of the molecule is [2H]N1CCC(N2CCN(C)CC2)CC1. The van der Waals surface area contributed by atoms with E-state index < -0.39 is 0 Å². The Kier molecular flexibility index (Phi) is 2.78. The van der Waals surface area contributed by atoms with Crippen molar-refractivity contribution in [3.05, 3.63) is 0 Å². The number of rotatable bonds is 1. The van der Waals surface area contributed by atoms with Gasteiger partial charge in [-0.2, -0.15) is 0 Å². The van der Waals surface area contributed by atoms with Crippen LogP contribution in [-0.2, 0) is 0 Å². The molecule has 13 heavy (non-hydrogen) atoms. The van der Waals surface area contributed by atoms with E-state index in [1.807, 2.05) is 0 Å². The number of nitrogens with one attached hydrogen (secondary N) is 1. The molecule has 0 aromatic rings. The molecule has 3 nitrogen and oxygen atoms in total. The summed E-state index contributed by atoms with van der Waals surface area (Å²) in [4.78, 5) is 5.02. The summed E-state index contributed by atoms with van der Waals surface area (Å²) in [6.45, 7) is 6.77. The average Bonchev–Trinajstić information content (AvgIpc) is 2.21. The zero-order chi connectivity index (χ0) is 9.97. The molecule has 1 N–H and O–H groups in total. The normalized spacial score (nSPS) is 31.9. The molecular weight excluding hydrogens is 162 g/mol. The van der Waals surface area contributed by atoms with E-state index in [9.17, 15) is 0 Å². The highest BCUT2D eigenvalue weighted by Crippen LogP contribution is 2.13. The van der Waals surface area contributed by atoms with Crippen molar-refractivity contribution in [1.29, 1.82) is 0 Å². The molecule has 3 heteroatoms. The highest BCUT2D eigenvalue weighted by molar-refractivity contribution is 4.81. The lowest BCUT2D eigenvalue weighted by atomic mass is 10.0. The minimum atomic E-state index is 0.755. The molecule has 0 aromatic carbocycles. The Balaban J connectivity index is 1.78. The van der Waals surface area contributed by atoms with E-state index in [2.05, 4.69) is 16.8 Å². The molecule has 0 radical (unpaired) electrons. The molecule has 2 heterocycles. The minimum absolute atomic E-state index is 0.755. The van der Waals surface area contributed by atoms with Gasteiger partial charge in [0.15, 0.2) is 0 Å². The second-order valence-corrected chi connectivity index (χ2v) is 4.24. The van der Waals surface area contributed by atoms with Crippen LogP contribution in [0.25, 0.3) is 0 Å². The van der Waals surface area contributed by atoms with Crippen molar-refractivity contribution >= 4 is 0 Å². The van der Waals surface area contributed by atoms with Gasteiger partial charge in [0.1, 0.15) is 1.41 Å². The molecule has 0 aromatic heterocycles. The van der Waals surface area contributed by atoms with E-state index in [1.165, 1.54) is 39.0 Å². The first-order valence-corrected chi connectivity index (χ1v) is 5.42. The summed E-state index contributed by atoms with van der Waals surface area (Å²) < 4.78 is 7.51. The van der Waals surface area contributed by atoms with Gasteiger partial charge in [0.2, 0.25) is 0 Å². The van der Waals surface area contributed by atoms with Gasteiger partial charge in [0.05, 0.1) is 0 Å². The highest BCUT2D eigenvalue weighted by atomic mass is 15.3. The highest BCUT2D eigenvalue weighted by Gasteiger charge is 2.23. The molecular formula is C10H21N3. The fraction of sp³-hybridized carbons (Fsp3) is 1.00. The molecule has 76 valence electrons. The van der Waals surface area contributed by atoms with Crippen LogP contribution in [0.5, 0.6) is 0 Å². The monoisotopic (exact) mass is 184 g/mol. The number of likely N-dealkylation sites (N-methyl/N-ethyl adjacent to an activating group) is 1. The molecule has 0 unspecified atom stereocenters. The molecule has 0 saturated carbocycles. The van der Waals surface area contributed by atoms with Gasteiger partial charge in [0, 0.05) is 32.2 Å². The van der Waals surface area contributed by atoms with Crippen molar-refractivity contribution < 1.29 is 1.41 Å². The van der Waals surface area contributed by atoms with Crippen molar-refractivity contribution in [2.75, 3.05) is 46.3 Å². The fourth-order valence-corrected chi connectivity index (χ4v) is 2.29. The van der Waals surface area contributed by atoms with E-state index in [1.54, 1.807) is 5.31 Å². The minimum Gasteiger partial charge on any atom is -0.317 e. The first-order chi connectivity index (χ1) is 6.75. The standard InChI is InChI=1S/C10H21N3/c1-12-6-8-13(9-7-12)10-2-4-11-5-3-10/h10-11H,2-9H2,1H3/i/hD. The van der Waals surface area contributed by atoms with Crippen LogP contribution in [0.2, 0.25) is 1.41 Å². The summed E-state index contributed by atoms with van der Waals surface area (Å²) in [5, 5.41) is 1.70. The van der Waals surface area contributed by atoms with Crippen molar-refractivity contribution in [2.24, 2.45) is 0 Å². The Bertz CT molecular complexity index is 152. The third-order valence-corrected chi connectivity index (χ3v) is 3.30. The molecule has 0 spiro atoms. The van der Waals surface area contributed by atoms with Gasteiger partial charge in [0.25, 0.3) is 0 Å². The van der Waals surface area contributed by atoms with Gasteiger partial charge < -0.3 is 10.2 Å². The number of piperidine rings is 1. The smallest absolute Gasteiger partial charge is 0.122 e. The van der Waals surface area contributed by atoms with Crippen LogP contribution in [0.15, 0.2) is 0 Å². The summed E-state index contributed by atoms with van der Waals surface area (Å²) in [7, 11) is 2.20. The number of nitrogens with zero attached hydrogens (tertiary/aromatic N) is 2. The van der Waals surface area contributed by atoms with Gasteiger partial charge in [-0.05, 0) is 33.0 Å². The van der Waals surface area contributed by atoms with E-state index in [0.29, 0.717) is 0 Å². The Hall–Kier alpha value is -0.120. The Morgan fingerprint density at radius 3 is 2.38 bits per heavy atom. The first-order valence-electron chi connectivity index (χ1n) is 5.87. The van der Waals surface area contributed by atoms with Gasteiger partial charge in [-0.25, -0.2) is 0 Å². The second kappa shape index (κ2) is 4.40. The molecule has 2 aliphatic heterocycles. The van der Waals surface area contributed by atoms with Crippen LogP contribution in [0, 0.1) is 0 Å². The topological polar surface area (TPSA) is 18.5 Å². The predicted molar refractivity (Wildman–Crippen MR) is 55.0 cm³/mol. The predicted octanol–water partition coefficient (Wildman–Crippen LogP) is -0.0142. The second-order valence-electron chi connectivity index (χ2n) is 4.24. The lowest BCUT2D eigenvalue weighted by Gasteiger charge is -2.39. The number of piperazine rings is 1. The zero-order valence-electron chi connectivity index (χ0n) is 9.58. The molecule has 2 saturated heterocycles. The maximum absolute atomic E-state index is 7.51. The van der Waals surface area contributed by atoms with Crippen LogP contribution in [-0.4, -0.2) is 62.2 Å². The third-order valence-electron chi connectivity index (χ3n) is 3.30. The average molecular weight is 184 g/mol. The Labute approximate surface area is 82.5 Å². The largest absolute Gasteiger partial charge is 0.317 e. The van der Waals surface area contributed by atoms with E-state index in [0.717, 1.165) is 19.1 Å². The van der Waals surface area contributed by atoms with Crippen LogP contribution in [0.1, 0.15) is 12.8 Å². The Morgan fingerprint density at radius 1 is 1.15 bits per heavy atom. The van der Waals surface area contributed by atoms with Crippen LogP contribution < -0.4 is 5.31 Å². The van der Waals surface area contributed by atoms with E-state index in [-0.39, 0.29) is 0 Å². The van der Waals surface area contributed by atoms with Crippen molar-refractivity contribution in [3.8, 4) is 0 Å². The van der Waals surface area contributed by atoms with Gasteiger partial charge in [-0.3, -0.25) is 4.90 Å². The summed E-state index contributed by atoms with van der Waals surface area (Å²) in [6.07, 6.45) is 2.38. The summed E-state index contributed by atoms with van der Waals surface area (Å²) in [6, 6.07) is 0.755. The molecule has 0 bridgehead atoms. The maximum atomic E-state index is 7.51. The summed E-state index contributed by atoms with van der Waals surface area (Å²) >= 11 is 0. The molecule has 2 aliphatic rings. The van der Waals surface area contributed by atoms with E-state index in [4.69, 9.17) is 1.41 Å². The van der Waals surface area contributed by atoms with Crippen LogP contribution in [0.4, 0.5) is 0 Å². The molecule has 0 atom stereocenters. The number of hydrogen-bond acceptors (Lipinski definition) is 3. The fourth-order valence-electron chi connectivity index (χ4n) is 2.29. The summed E-state index contributed by atoms with van der Waals surface area (Å²) in [5.41, 5.74) is 0. The Morgan fingerprint density at radius 2 is 1.77 bits per heavy atom. The first kappa shape index (κ1) is 8.21. The molecule has 2 fully saturated rings. The third kappa shape index (κ3) is 2.42. The summed E-state index contributed by atoms with van der Waals surface area (Å²) in [5.74, 6) is 0. The number of hydrogen-bond donors (Lipinski definition) is 1. The van der Waals surface area contributed by atoms with Gasteiger partial charge in [-0.1, -0.05) is 0 Å². The maximum Gasteiger partial charge on any atom is 0.122 e. The van der Waals surface area contributed by atoms with Gasteiger partial charge >= 0.3 is 0 Å². The van der Waals surface area contributed by atoms with Crippen LogP contribution >= 0.6 is 0 Å². The van der Waals surface area contributed by atoms with Crippen molar-refractivity contribution in [3.63, 3.8) is 0 Å². The zero-order valence-corrected chi connectivity index (χ0v) is 8.58. The molecule has 2 rings (SSSR count). The van der Waals surface area contributed by atoms with E-state index >= 15 is 0 Å². The van der Waals surface area contributed by atoms with Crippen molar-refractivity contribution in [2.45, 2.75) is 18.9 Å². The lowest BCUT2D eigenvalue weighted by molar-refractivity contribution is 0.0948. The molecule has 0 aliphatic carbocycles.